The van der Waals surface area contributed by atoms with Crippen molar-refractivity contribution in [3.63, 3.8) is 0 Å². The zero-order valence-electron chi connectivity index (χ0n) is 20.9. The minimum absolute atomic E-state index is 0.0193. The van der Waals surface area contributed by atoms with Crippen molar-refractivity contribution < 1.29 is 37.5 Å². The molecule has 0 heterocycles. The maximum atomic E-state index is 12.9. The fourth-order valence-electron chi connectivity index (χ4n) is 4.43. The lowest BCUT2D eigenvalue weighted by molar-refractivity contribution is -0.159. The van der Waals surface area contributed by atoms with Gasteiger partial charge in [0.2, 0.25) is 0 Å². The molecule has 8 nitrogen and oxygen atoms in total. The number of rotatable bonds is 15. The Kier molecular flexibility index (Phi) is 14.0. The second kappa shape index (κ2) is 16.1. The first-order valence-corrected chi connectivity index (χ1v) is 16.2. The first-order valence-electron chi connectivity index (χ1n) is 13.0. The zero-order chi connectivity index (χ0) is 24.8. The average Bonchev–Trinajstić information content (AvgIpc) is 2.85. The number of ether oxygens (including phenoxy) is 3. The molecule has 0 aromatic rings. The van der Waals surface area contributed by atoms with Gasteiger partial charge in [0.1, 0.15) is 32.0 Å². The van der Waals surface area contributed by atoms with Crippen molar-refractivity contribution in [2.45, 2.75) is 115 Å². The summed E-state index contributed by atoms with van der Waals surface area (Å²) in [5, 5.41) is -0.860. The predicted octanol–water partition coefficient (Wildman–Crippen LogP) is 5.71. The molecule has 2 saturated carbocycles. The van der Waals surface area contributed by atoms with Gasteiger partial charge in [-0.1, -0.05) is 19.8 Å². The molecule has 0 saturated heterocycles. The van der Waals surface area contributed by atoms with Gasteiger partial charge >= 0.3 is 11.9 Å². The van der Waals surface area contributed by atoms with Crippen molar-refractivity contribution in [1.82, 2.24) is 0 Å². The third kappa shape index (κ3) is 11.4. The molecule has 0 radical (unpaired) electrons. The maximum Gasteiger partial charge on any atom is 0.332 e. The molecule has 2 rings (SSSR count). The largest absolute Gasteiger partial charge is 0.461 e. The van der Waals surface area contributed by atoms with Gasteiger partial charge < -0.3 is 23.3 Å². The molecule has 2 aliphatic rings. The van der Waals surface area contributed by atoms with Crippen LogP contribution in [0.4, 0.5) is 0 Å². The van der Waals surface area contributed by atoms with Crippen LogP contribution in [0.15, 0.2) is 0 Å². The van der Waals surface area contributed by atoms with Crippen LogP contribution in [0, 0.1) is 0 Å². The Morgan fingerprint density at radius 1 is 0.794 bits per heavy atom. The van der Waals surface area contributed by atoms with Gasteiger partial charge in [0.05, 0.1) is 0 Å². The van der Waals surface area contributed by atoms with Crippen LogP contribution in [0.2, 0.25) is 0 Å². The summed E-state index contributed by atoms with van der Waals surface area (Å²) in [5.41, 5.74) is 0. The minimum atomic E-state index is -2.33. The van der Waals surface area contributed by atoms with Gasteiger partial charge in [0.15, 0.2) is 14.6 Å². The summed E-state index contributed by atoms with van der Waals surface area (Å²) >= 11 is 0. The zero-order valence-corrected chi connectivity index (χ0v) is 22.9. The van der Waals surface area contributed by atoms with Gasteiger partial charge in [-0.2, -0.15) is 0 Å². The Hall–Kier alpha value is -0.680. The molecule has 0 aliphatic heterocycles. The Labute approximate surface area is 205 Å². The molecule has 2 aliphatic carbocycles. The van der Waals surface area contributed by atoms with Crippen LogP contribution in [-0.2, 0) is 37.5 Å². The Morgan fingerprint density at radius 2 is 1.29 bits per heavy atom. The van der Waals surface area contributed by atoms with Crippen LogP contribution in [0.5, 0.6) is 0 Å². The smallest absolute Gasteiger partial charge is 0.332 e. The average molecular weight is 523 g/mol. The molecule has 3 atom stereocenters. The summed E-state index contributed by atoms with van der Waals surface area (Å²) in [5.74, 6) is -0.840. The quantitative estimate of drug-likeness (QED) is 0.153. The molecule has 2 fully saturated rings. The van der Waals surface area contributed by atoms with Gasteiger partial charge in [-0.25, -0.2) is 9.59 Å². The fraction of sp³-hybridized carbons (Fsp3) is 0.917. The van der Waals surface area contributed by atoms with E-state index < -0.39 is 27.1 Å². The first kappa shape index (κ1) is 29.5. The van der Waals surface area contributed by atoms with E-state index in [4.69, 9.17) is 18.7 Å². The molecule has 0 spiro atoms. The summed E-state index contributed by atoms with van der Waals surface area (Å²) < 4.78 is 46.8. The van der Waals surface area contributed by atoms with Crippen LogP contribution in [0.1, 0.15) is 97.3 Å². The molecule has 198 valence electrons. The van der Waals surface area contributed by atoms with Gasteiger partial charge in [-0.3, -0.25) is 4.57 Å². The Morgan fingerprint density at radius 3 is 1.82 bits per heavy atom. The fourth-order valence-corrected chi connectivity index (χ4v) is 7.12. The Balaban J connectivity index is 1.58. The molecule has 34 heavy (non-hydrogen) atoms. The molecule has 0 aromatic carbocycles. The van der Waals surface area contributed by atoms with E-state index in [2.05, 4.69) is 0 Å². The molecule has 0 bridgehead atoms. The highest BCUT2D eigenvalue weighted by molar-refractivity contribution is 7.46. The third-order valence-corrected chi connectivity index (χ3v) is 10.6. The highest BCUT2D eigenvalue weighted by Crippen LogP contribution is 2.43. The second-order valence-electron chi connectivity index (χ2n) is 9.66. The van der Waals surface area contributed by atoms with E-state index in [-0.39, 0.29) is 31.4 Å². The number of carbonyl (C=O) groups is 2. The Bertz CT molecular complexity index is 674. The highest BCUT2D eigenvalue weighted by Gasteiger charge is 2.31. The summed E-state index contributed by atoms with van der Waals surface area (Å²) in [7, 11) is -4.46. The minimum Gasteiger partial charge on any atom is -0.461 e. The number of hydrogen-bond donors (Lipinski definition) is 0. The first-order chi connectivity index (χ1) is 16.3. The third-order valence-electron chi connectivity index (χ3n) is 6.86. The molecule has 0 aromatic heterocycles. The number of esters is 2. The molecule has 0 amide bonds. The van der Waals surface area contributed by atoms with Gasteiger partial charge in [0, 0.05) is 12.3 Å². The second-order valence-corrected chi connectivity index (χ2v) is 13.6. The normalized spacial score (nSPS) is 21.4. The SMILES string of the molecule is CCC(C)(OCC(=O)OC1CCCCC1)[PH](=O)CCCC[PH](=O)OCC(=O)OC1CCCCC1. The molecule has 3 unspecified atom stereocenters. The van der Waals surface area contributed by atoms with Crippen molar-refractivity contribution in [1.29, 1.82) is 0 Å². The number of carbonyl (C=O) groups excluding carboxylic acids is 2. The van der Waals surface area contributed by atoms with Crippen molar-refractivity contribution in [3.05, 3.63) is 0 Å². The highest BCUT2D eigenvalue weighted by atomic mass is 31.1. The summed E-state index contributed by atoms with van der Waals surface area (Å²) in [4.78, 5) is 24.0. The van der Waals surface area contributed by atoms with Gasteiger partial charge in [0.25, 0.3) is 0 Å². The van der Waals surface area contributed by atoms with E-state index in [9.17, 15) is 18.7 Å². The lowest BCUT2D eigenvalue weighted by atomic mass is 9.98. The van der Waals surface area contributed by atoms with Gasteiger partial charge in [-0.15, -0.1) is 0 Å². The standard InChI is InChI=1S/C24H44O8P2/c1-3-24(2,29-18-22(25)31-20-12-6-4-7-13-20)33(27)16-10-11-17-34(28)30-19-23(26)32-21-14-8-5-9-15-21/h20-21,33-34H,3-19H2,1-2H3. The van der Waals surface area contributed by atoms with Gasteiger partial charge in [-0.05, 0) is 77.6 Å². The van der Waals surface area contributed by atoms with E-state index >= 15 is 0 Å². The van der Waals surface area contributed by atoms with E-state index in [1.54, 1.807) is 6.92 Å². The molecule has 10 heteroatoms. The van der Waals surface area contributed by atoms with Crippen molar-refractivity contribution in [2.24, 2.45) is 0 Å². The van der Waals surface area contributed by atoms with E-state index in [1.165, 1.54) is 12.8 Å². The van der Waals surface area contributed by atoms with Crippen LogP contribution < -0.4 is 0 Å². The summed E-state index contributed by atoms with van der Waals surface area (Å²) in [6.07, 6.45) is 12.8. The molecular formula is C24H44O8P2. The number of hydrogen-bond acceptors (Lipinski definition) is 8. The monoisotopic (exact) mass is 522 g/mol. The lowest BCUT2D eigenvalue weighted by Gasteiger charge is -2.28. The summed E-state index contributed by atoms with van der Waals surface area (Å²) in [6, 6.07) is 0. The van der Waals surface area contributed by atoms with Crippen LogP contribution in [0.25, 0.3) is 0 Å². The lowest BCUT2D eigenvalue weighted by Crippen LogP contribution is -2.30. The number of unbranched alkanes of at least 4 members (excludes halogenated alkanes) is 1. The van der Waals surface area contributed by atoms with E-state index in [0.717, 1.165) is 51.4 Å². The van der Waals surface area contributed by atoms with Crippen LogP contribution in [-0.4, -0.2) is 55.0 Å². The van der Waals surface area contributed by atoms with Crippen LogP contribution >= 0.6 is 15.8 Å². The maximum absolute atomic E-state index is 12.9. The topological polar surface area (TPSA) is 105 Å². The van der Waals surface area contributed by atoms with Crippen molar-refractivity contribution >= 4 is 27.8 Å². The van der Waals surface area contributed by atoms with Crippen molar-refractivity contribution in [2.75, 3.05) is 25.5 Å². The molecule has 0 N–H and O–H groups in total. The van der Waals surface area contributed by atoms with E-state index in [1.807, 2.05) is 6.92 Å². The van der Waals surface area contributed by atoms with Crippen LogP contribution in [0.3, 0.4) is 0 Å². The predicted molar refractivity (Wildman–Crippen MR) is 134 cm³/mol. The summed E-state index contributed by atoms with van der Waals surface area (Å²) in [6.45, 7) is 3.22. The van der Waals surface area contributed by atoms with E-state index in [0.29, 0.717) is 31.6 Å². The molecular weight excluding hydrogens is 478 g/mol. The van der Waals surface area contributed by atoms with Crippen molar-refractivity contribution in [3.8, 4) is 0 Å².